The van der Waals surface area contributed by atoms with Gasteiger partial charge in [-0.15, -0.1) is 0 Å². The lowest BCUT2D eigenvalue weighted by Gasteiger charge is -2.01. The van der Waals surface area contributed by atoms with E-state index in [0.29, 0.717) is 24.6 Å². The molecule has 0 saturated carbocycles. The SMILES string of the molecule is CCC(=NCCc1ccccc1)c1nc(-c2ccccc2)oc1O. The molecule has 24 heavy (non-hydrogen) atoms. The first-order valence-electron chi connectivity index (χ1n) is 8.10. The van der Waals surface area contributed by atoms with Gasteiger partial charge in [0.05, 0.1) is 5.71 Å². The fourth-order valence-corrected chi connectivity index (χ4v) is 2.52. The largest absolute Gasteiger partial charge is 0.479 e. The maximum absolute atomic E-state index is 10.1. The Labute approximate surface area is 141 Å². The van der Waals surface area contributed by atoms with E-state index in [1.165, 1.54) is 5.56 Å². The molecule has 0 aliphatic rings. The molecule has 122 valence electrons. The minimum atomic E-state index is -0.172. The minimum Gasteiger partial charge on any atom is -0.479 e. The first kappa shape index (κ1) is 16.0. The van der Waals surface area contributed by atoms with Crippen molar-refractivity contribution < 1.29 is 9.52 Å². The van der Waals surface area contributed by atoms with Crippen molar-refractivity contribution in [2.24, 2.45) is 4.99 Å². The van der Waals surface area contributed by atoms with Crippen molar-refractivity contribution in [3.63, 3.8) is 0 Å². The van der Waals surface area contributed by atoms with E-state index in [1.807, 2.05) is 55.5 Å². The Morgan fingerprint density at radius 3 is 2.38 bits per heavy atom. The maximum atomic E-state index is 10.1. The molecular weight excluding hydrogens is 300 g/mol. The van der Waals surface area contributed by atoms with E-state index < -0.39 is 0 Å². The average Bonchev–Trinajstić information content (AvgIpc) is 3.02. The fourth-order valence-electron chi connectivity index (χ4n) is 2.52. The average molecular weight is 320 g/mol. The standard InChI is InChI=1S/C20H20N2O2/c1-2-17(21-14-13-15-9-5-3-6-10-15)18-20(23)24-19(22-18)16-11-7-4-8-12-16/h3-12,23H,2,13-14H2,1H3. The zero-order valence-corrected chi connectivity index (χ0v) is 13.6. The summed E-state index contributed by atoms with van der Waals surface area (Å²) in [6, 6.07) is 19.8. The molecule has 0 fully saturated rings. The molecule has 4 nitrogen and oxygen atoms in total. The Morgan fingerprint density at radius 2 is 1.71 bits per heavy atom. The molecule has 4 heteroatoms. The Hall–Kier alpha value is -2.88. The van der Waals surface area contributed by atoms with E-state index in [4.69, 9.17) is 4.42 Å². The van der Waals surface area contributed by atoms with Gasteiger partial charge in [-0.2, -0.15) is 0 Å². The summed E-state index contributed by atoms with van der Waals surface area (Å²) in [6.07, 6.45) is 1.54. The van der Waals surface area contributed by atoms with Gasteiger partial charge >= 0.3 is 5.95 Å². The van der Waals surface area contributed by atoms with E-state index in [2.05, 4.69) is 22.1 Å². The molecule has 0 saturated heterocycles. The van der Waals surface area contributed by atoms with Crippen molar-refractivity contribution in [2.75, 3.05) is 6.54 Å². The molecule has 0 aliphatic heterocycles. The van der Waals surface area contributed by atoms with Crippen LogP contribution in [0.5, 0.6) is 5.95 Å². The number of hydrogen-bond acceptors (Lipinski definition) is 4. The molecular formula is C20H20N2O2. The third-order valence-electron chi connectivity index (χ3n) is 3.78. The molecule has 0 bridgehead atoms. The number of hydrogen-bond donors (Lipinski definition) is 1. The van der Waals surface area contributed by atoms with Gasteiger partial charge in [0.25, 0.3) is 0 Å². The number of aromatic hydroxyl groups is 1. The lowest BCUT2D eigenvalue weighted by molar-refractivity contribution is 0.336. The second kappa shape index (κ2) is 7.59. The smallest absolute Gasteiger partial charge is 0.312 e. The second-order valence-electron chi connectivity index (χ2n) is 5.46. The highest BCUT2D eigenvalue weighted by molar-refractivity contribution is 6.00. The predicted molar refractivity (Wildman–Crippen MR) is 95.4 cm³/mol. The van der Waals surface area contributed by atoms with Crippen LogP contribution in [0.15, 0.2) is 70.1 Å². The zero-order chi connectivity index (χ0) is 16.8. The molecule has 0 unspecified atom stereocenters. The number of aliphatic imine (C=N–C) groups is 1. The van der Waals surface area contributed by atoms with E-state index in [1.54, 1.807) is 0 Å². The van der Waals surface area contributed by atoms with Crippen LogP contribution in [-0.4, -0.2) is 22.3 Å². The van der Waals surface area contributed by atoms with E-state index in [-0.39, 0.29) is 5.95 Å². The summed E-state index contributed by atoms with van der Waals surface area (Å²) in [5.74, 6) is 0.237. The summed E-state index contributed by atoms with van der Waals surface area (Å²) in [7, 11) is 0. The quantitative estimate of drug-likeness (QED) is 0.681. The van der Waals surface area contributed by atoms with Crippen LogP contribution in [0.3, 0.4) is 0 Å². The molecule has 0 radical (unpaired) electrons. The lowest BCUT2D eigenvalue weighted by atomic mass is 10.1. The Kier molecular flexibility index (Phi) is 5.06. The Bertz CT molecular complexity index is 808. The van der Waals surface area contributed by atoms with E-state index in [9.17, 15) is 5.11 Å². The molecule has 0 atom stereocenters. The third-order valence-corrected chi connectivity index (χ3v) is 3.78. The topological polar surface area (TPSA) is 58.6 Å². The molecule has 2 aromatic carbocycles. The van der Waals surface area contributed by atoms with E-state index >= 15 is 0 Å². The van der Waals surface area contributed by atoms with Gasteiger partial charge in [-0.25, -0.2) is 4.98 Å². The third kappa shape index (κ3) is 3.71. The minimum absolute atomic E-state index is 0.172. The molecule has 0 amide bonds. The van der Waals surface area contributed by atoms with Crippen LogP contribution < -0.4 is 0 Å². The molecule has 3 aromatic rings. The van der Waals surface area contributed by atoms with Gasteiger partial charge in [-0.05, 0) is 30.5 Å². The lowest BCUT2D eigenvalue weighted by Crippen LogP contribution is -2.03. The summed E-state index contributed by atoms with van der Waals surface area (Å²) in [4.78, 5) is 9.04. The van der Waals surface area contributed by atoms with Crippen LogP contribution in [0.25, 0.3) is 11.5 Å². The molecule has 0 spiro atoms. The molecule has 1 heterocycles. The number of aromatic nitrogens is 1. The van der Waals surface area contributed by atoms with Gasteiger partial charge < -0.3 is 9.52 Å². The molecule has 1 aromatic heterocycles. The van der Waals surface area contributed by atoms with Crippen LogP contribution in [-0.2, 0) is 6.42 Å². The summed E-state index contributed by atoms with van der Waals surface area (Å²) in [6.45, 7) is 2.65. The number of nitrogens with zero attached hydrogens (tertiary/aromatic N) is 2. The predicted octanol–water partition coefficient (Wildman–Crippen LogP) is 4.49. The summed E-state index contributed by atoms with van der Waals surface area (Å²) >= 11 is 0. The number of rotatable bonds is 6. The van der Waals surface area contributed by atoms with Crippen LogP contribution in [0.2, 0.25) is 0 Å². The normalized spacial score (nSPS) is 11.6. The summed E-state index contributed by atoms with van der Waals surface area (Å²) < 4.78 is 5.41. The highest BCUT2D eigenvalue weighted by Gasteiger charge is 2.17. The molecule has 3 rings (SSSR count). The van der Waals surface area contributed by atoms with Crippen molar-refractivity contribution >= 4 is 5.71 Å². The monoisotopic (exact) mass is 320 g/mol. The molecule has 0 aliphatic carbocycles. The van der Waals surface area contributed by atoms with Gasteiger partial charge in [-0.3, -0.25) is 4.99 Å². The highest BCUT2D eigenvalue weighted by Crippen LogP contribution is 2.27. The zero-order valence-electron chi connectivity index (χ0n) is 13.6. The van der Waals surface area contributed by atoms with Crippen molar-refractivity contribution in [1.82, 2.24) is 4.98 Å². The van der Waals surface area contributed by atoms with Crippen LogP contribution in [0, 0.1) is 0 Å². The van der Waals surface area contributed by atoms with Crippen molar-refractivity contribution in [1.29, 1.82) is 0 Å². The second-order valence-corrected chi connectivity index (χ2v) is 5.46. The van der Waals surface area contributed by atoms with Crippen molar-refractivity contribution in [3.8, 4) is 17.4 Å². The van der Waals surface area contributed by atoms with Gasteiger partial charge in [0.1, 0.15) is 0 Å². The maximum Gasteiger partial charge on any atom is 0.312 e. The van der Waals surface area contributed by atoms with Crippen LogP contribution in [0.4, 0.5) is 0 Å². The van der Waals surface area contributed by atoms with E-state index in [0.717, 1.165) is 17.7 Å². The number of benzene rings is 2. The Balaban J connectivity index is 1.78. The van der Waals surface area contributed by atoms with Gasteiger partial charge in [0, 0.05) is 12.1 Å². The fraction of sp³-hybridized carbons (Fsp3) is 0.200. The highest BCUT2D eigenvalue weighted by atomic mass is 16.5. The van der Waals surface area contributed by atoms with Crippen LogP contribution in [0.1, 0.15) is 24.6 Å². The summed E-state index contributed by atoms with van der Waals surface area (Å²) in [5.41, 5.74) is 3.27. The first-order valence-corrected chi connectivity index (χ1v) is 8.10. The Morgan fingerprint density at radius 1 is 1.04 bits per heavy atom. The van der Waals surface area contributed by atoms with Crippen molar-refractivity contribution in [3.05, 3.63) is 71.9 Å². The van der Waals surface area contributed by atoms with Crippen LogP contribution >= 0.6 is 0 Å². The van der Waals surface area contributed by atoms with Gasteiger partial charge in [-0.1, -0.05) is 55.5 Å². The number of oxazole rings is 1. The molecule has 1 N–H and O–H groups in total. The van der Waals surface area contributed by atoms with Crippen molar-refractivity contribution in [2.45, 2.75) is 19.8 Å². The van der Waals surface area contributed by atoms with Gasteiger partial charge in [0.2, 0.25) is 5.89 Å². The summed E-state index contributed by atoms with van der Waals surface area (Å²) in [5, 5.41) is 10.1. The van der Waals surface area contributed by atoms with Gasteiger partial charge in [0.15, 0.2) is 5.69 Å². The first-order chi connectivity index (χ1) is 11.8.